The molecule has 4 heteroatoms. The maximum atomic E-state index is 11.6. The van der Waals surface area contributed by atoms with Gasteiger partial charge < -0.3 is 9.94 Å². The lowest BCUT2D eigenvalue weighted by Crippen LogP contribution is -2.22. The van der Waals surface area contributed by atoms with E-state index in [1.165, 1.54) is 6.08 Å². The van der Waals surface area contributed by atoms with E-state index in [4.69, 9.17) is 4.84 Å². The van der Waals surface area contributed by atoms with Gasteiger partial charge in [-0.2, -0.15) is 0 Å². The fraction of sp³-hybridized carbons (Fsp3) is 0.286. The van der Waals surface area contributed by atoms with Gasteiger partial charge in [0.1, 0.15) is 0 Å². The maximum Gasteiger partial charge on any atom is 0.365 e. The molecular weight excluding hydrogens is 230 g/mol. The van der Waals surface area contributed by atoms with Crippen LogP contribution in [0.15, 0.2) is 48.1 Å². The van der Waals surface area contributed by atoms with Gasteiger partial charge in [0.15, 0.2) is 0 Å². The molecule has 0 saturated carbocycles. The number of aliphatic hydroxyl groups excluding tert-OH is 1. The molecule has 18 heavy (non-hydrogen) atoms. The number of hydrogen-bond donors (Lipinski definition) is 1. The lowest BCUT2D eigenvalue weighted by atomic mass is 10.0. The van der Waals surface area contributed by atoms with Crippen molar-refractivity contribution < 1.29 is 14.7 Å². The molecule has 1 aromatic carbocycles. The highest BCUT2D eigenvalue weighted by Gasteiger charge is 2.15. The topological polar surface area (TPSA) is 58.9 Å². The first-order valence-corrected chi connectivity index (χ1v) is 5.67. The van der Waals surface area contributed by atoms with Crippen molar-refractivity contribution in [2.45, 2.75) is 20.0 Å². The summed E-state index contributed by atoms with van der Waals surface area (Å²) >= 11 is 0. The molecule has 0 radical (unpaired) electrons. The van der Waals surface area contributed by atoms with Gasteiger partial charge in [-0.25, -0.2) is 4.79 Å². The molecule has 2 atom stereocenters. The van der Waals surface area contributed by atoms with Crippen LogP contribution in [0.4, 0.5) is 0 Å². The summed E-state index contributed by atoms with van der Waals surface area (Å²) in [6.07, 6.45) is 0.715. The summed E-state index contributed by atoms with van der Waals surface area (Å²) in [5.74, 6) is -0.763. The van der Waals surface area contributed by atoms with Crippen molar-refractivity contribution in [3.8, 4) is 0 Å². The Bertz CT molecular complexity index is 440. The quantitative estimate of drug-likeness (QED) is 0.376. The summed E-state index contributed by atoms with van der Waals surface area (Å²) in [6.45, 7) is 6.96. The SMILES string of the molecule is C=CC(O)C(C)C(C)=NOC(=O)c1ccccc1. The van der Waals surface area contributed by atoms with Crippen molar-refractivity contribution >= 4 is 11.7 Å². The summed E-state index contributed by atoms with van der Waals surface area (Å²) in [6, 6.07) is 8.60. The van der Waals surface area contributed by atoms with Crippen molar-refractivity contribution in [3.05, 3.63) is 48.6 Å². The maximum absolute atomic E-state index is 11.6. The number of benzene rings is 1. The number of rotatable bonds is 5. The van der Waals surface area contributed by atoms with E-state index in [0.717, 1.165) is 0 Å². The Labute approximate surface area is 107 Å². The summed E-state index contributed by atoms with van der Waals surface area (Å²) in [5, 5.41) is 13.3. The molecule has 1 rings (SSSR count). The third kappa shape index (κ3) is 3.82. The van der Waals surface area contributed by atoms with Gasteiger partial charge in [-0.05, 0) is 19.1 Å². The van der Waals surface area contributed by atoms with Crippen LogP contribution in [0.3, 0.4) is 0 Å². The van der Waals surface area contributed by atoms with Crippen molar-refractivity contribution in [3.63, 3.8) is 0 Å². The second-order valence-corrected chi connectivity index (χ2v) is 3.99. The van der Waals surface area contributed by atoms with Gasteiger partial charge in [0.2, 0.25) is 0 Å². The zero-order chi connectivity index (χ0) is 13.5. The van der Waals surface area contributed by atoms with Crippen LogP contribution < -0.4 is 0 Å². The molecule has 0 saturated heterocycles. The Kier molecular flexibility index (Phi) is 5.27. The van der Waals surface area contributed by atoms with Gasteiger partial charge in [-0.1, -0.05) is 36.4 Å². The third-order valence-corrected chi connectivity index (χ3v) is 2.69. The second-order valence-electron chi connectivity index (χ2n) is 3.99. The summed E-state index contributed by atoms with van der Waals surface area (Å²) in [4.78, 5) is 16.4. The fourth-order valence-corrected chi connectivity index (χ4v) is 1.27. The number of carbonyl (C=O) groups excluding carboxylic acids is 1. The van der Waals surface area contributed by atoms with Gasteiger partial charge in [-0.15, -0.1) is 6.58 Å². The highest BCUT2D eigenvalue weighted by molar-refractivity contribution is 5.90. The Morgan fingerprint density at radius 3 is 2.61 bits per heavy atom. The van der Waals surface area contributed by atoms with Crippen LogP contribution in [0.1, 0.15) is 24.2 Å². The first-order chi connectivity index (χ1) is 8.56. The average molecular weight is 247 g/mol. The zero-order valence-electron chi connectivity index (χ0n) is 10.5. The van der Waals surface area contributed by atoms with Crippen LogP contribution >= 0.6 is 0 Å². The van der Waals surface area contributed by atoms with E-state index in [9.17, 15) is 9.90 Å². The van der Waals surface area contributed by atoms with Crippen molar-refractivity contribution in [2.24, 2.45) is 11.1 Å². The number of aliphatic hydroxyl groups is 1. The molecule has 0 spiro atoms. The van der Waals surface area contributed by atoms with E-state index < -0.39 is 12.1 Å². The molecule has 0 aliphatic carbocycles. The molecule has 0 aliphatic rings. The first kappa shape index (κ1) is 14.1. The van der Waals surface area contributed by atoms with Crippen LogP contribution in [0.25, 0.3) is 0 Å². The predicted octanol–water partition coefficient (Wildman–Crippen LogP) is 2.40. The lowest BCUT2D eigenvalue weighted by Gasteiger charge is -2.13. The van der Waals surface area contributed by atoms with Crippen LogP contribution in [-0.4, -0.2) is 22.9 Å². The normalized spacial score (nSPS) is 14.7. The minimum Gasteiger partial charge on any atom is -0.388 e. The molecule has 0 aliphatic heterocycles. The van der Waals surface area contributed by atoms with Crippen molar-refractivity contribution in [2.75, 3.05) is 0 Å². The highest BCUT2D eigenvalue weighted by Crippen LogP contribution is 2.08. The molecular formula is C14H17NO3. The monoisotopic (exact) mass is 247 g/mol. The van der Waals surface area contributed by atoms with Gasteiger partial charge in [0, 0.05) is 5.92 Å². The molecule has 1 N–H and O–H groups in total. The molecule has 0 bridgehead atoms. The van der Waals surface area contributed by atoms with Crippen molar-refractivity contribution in [1.29, 1.82) is 0 Å². The number of nitrogens with zero attached hydrogens (tertiary/aromatic N) is 1. The second kappa shape index (κ2) is 6.71. The smallest absolute Gasteiger partial charge is 0.365 e. The van der Waals surface area contributed by atoms with Gasteiger partial charge >= 0.3 is 5.97 Å². The largest absolute Gasteiger partial charge is 0.388 e. The zero-order valence-corrected chi connectivity index (χ0v) is 10.5. The van der Waals surface area contributed by atoms with Crippen LogP contribution in [0.2, 0.25) is 0 Å². The molecule has 4 nitrogen and oxygen atoms in total. The van der Waals surface area contributed by atoms with E-state index in [2.05, 4.69) is 11.7 Å². The molecule has 0 fully saturated rings. The minimum atomic E-state index is -0.704. The number of hydrogen-bond acceptors (Lipinski definition) is 4. The van der Waals surface area contributed by atoms with Crippen molar-refractivity contribution in [1.82, 2.24) is 0 Å². The molecule has 0 amide bonds. The lowest BCUT2D eigenvalue weighted by molar-refractivity contribution is 0.0510. The fourth-order valence-electron chi connectivity index (χ4n) is 1.27. The molecule has 1 aromatic rings. The Morgan fingerprint density at radius 1 is 1.44 bits per heavy atom. The standard InChI is InChI=1S/C14H17NO3/c1-4-13(16)10(2)11(3)15-18-14(17)12-8-6-5-7-9-12/h4-10,13,16H,1H2,2-3H3. The van der Waals surface area contributed by atoms with E-state index in [1.54, 1.807) is 38.1 Å². The van der Waals surface area contributed by atoms with Gasteiger partial charge in [-0.3, -0.25) is 0 Å². The molecule has 96 valence electrons. The summed E-state index contributed by atoms with van der Waals surface area (Å²) in [7, 11) is 0. The Hall–Kier alpha value is -1.94. The first-order valence-electron chi connectivity index (χ1n) is 5.67. The van der Waals surface area contributed by atoms with Gasteiger partial charge in [0.25, 0.3) is 0 Å². The third-order valence-electron chi connectivity index (χ3n) is 2.69. The van der Waals surface area contributed by atoms with E-state index in [-0.39, 0.29) is 5.92 Å². The Balaban J connectivity index is 2.64. The van der Waals surface area contributed by atoms with Crippen LogP contribution in [0, 0.1) is 5.92 Å². The van der Waals surface area contributed by atoms with E-state index in [1.807, 2.05) is 6.07 Å². The van der Waals surface area contributed by atoms with E-state index >= 15 is 0 Å². The highest BCUT2D eigenvalue weighted by atomic mass is 16.7. The summed E-state index contributed by atoms with van der Waals surface area (Å²) < 4.78 is 0. The van der Waals surface area contributed by atoms with Gasteiger partial charge in [0.05, 0.1) is 17.4 Å². The number of oxime groups is 1. The number of carbonyl (C=O) groups is 1. The minimum absolute atomic E-state index is 0.244. The van der Waals surface area contributed by atoms with E-state index in [0.29, 0.717) is 11.3 Å². The molecule has 2 unspecified atom stereocenters. The predicted molar refractivity (Wildman–Crippen MR) is 70.3 cm³/mol. The van der Waals surface area contributed by atoms with Crippen LogP contribution in [-0.2, 0) is 4.84 Å². The molecule has 0 heterocycles. The Morgan fingerprint density at radius 2 is 2.06 bits per heavy atom. The van der Waals surface area contributed by atoms with Crippen LogP contribution in [0.5, 0.6) is 0 Å². The average Bonchev–Trinajstić information content (AvgIpc) is 2.43. The molecule has 0 aromatic heterocycles. The summed E-state index contributed by atoms with van der Waals surface area (Å²) in [5.41, 5.74) is 0.970.